The van der Waals surface area contributed by atoms with Crippen LogP contribution in [0.5, 0.6) is 0 Å². The van der Waals surface area contributed by atoms with Crippen molar-refractivity contribution in [2.45, 2.75) is 38.5 Å². The van der Waals surface area contributed by atoms with Crippen molar-refractivity contribution in [3.8, 4) is 0 Å². The number of nitro benzene ring substituents is 1. The molecule has 1 amide bonds. The third kappa shape index (κ3) is 5.04. The van der Waals surface area contributed by atoms with E-state index in [1.54, 1.807) is 51.1 Å². The number of hydrogen-bond acceptors (Lipinski definition) is 6. The van der Waals surface area contributed by atoms with E-state index >= 15 is 0 Å². The van der Waals surface area contributed by atoms with Crippen molar-refractivity contribution < 1.29 is 18.1 Å². The third-order valence-electron chi connectivity index (χ3n) is 5.55. The molecule has 1 N–H and O–H groups in total. The maximum atomic E-state index is 12.8. The number of benzene rings is 2. The van der Waals surface area contributed by atoms with Crippen LogP contribution in [0.25, 0.3) is 11.0 Å². The first-order chi connectivity index (χ1) is 15.6. The van der Waals surface area contributed by atoms with Crippen molar-refractivity contribution in [3.63, 3.8) is 0 Å². The number of rotatable bonds is 9. The molecule has 2 aromatic carbocycles. The Balaban J connectivity index is 1.76. The molecule has 3 rings (SSSR count). The van der Waals surface area contributed by atoms with Gasteiger partial charge in [0.15, 0.2) is 0 Å². The van der Waals surface area contributed by atoms with Gasteiger partial charge in [-0.3, -0.25) is 14.9 Å². The number of fused-ring (bicyclic) bond motifs is 1. The monoisotopic (exact) mass is 473 g/mol. The van der Waals surface area contributed by atoms with E-state index in [2.05, 4.69) is 10.3 Å². The molecule has 0 aliphatic carbocycles. The zero-order valence-electron chi connectivity index (χ0n) is 19.0. The van der Waals surface area contributed by atoms with Crippen molar-refractivity contribution in [3.05, 3.63) is 57.9 Å². The summed E-state index contributed by atoms with van der Waals surface area (Å²) in [5.41, 5.74) is 2.11. The number of aryl methyl sites for hydroxylation is 3. The van der Waals surface area contributed by atoms with Crippen LogP contribution in [0.4, 0.5) is 11.4 Å². The zero-order chi connectivity index (χ0) is 24.3. The van der Waals surface area contributed by atoms with Crippen LogP contribution in [0, 0.1) is 17.0 Å². The predicted molar refractivity (Wildman–Crippen MR) is 126 cm³/mol. The van der Waals surface area contributed by atoms with Crippen LogP contribution in [0.3, 0.4) is 0 Å². The fourth-order valence-electron chi connectivity index (χ4n) is 3.66. The lowest BCUT2D eigenvalue weighted by atomic mass is 10.2. The van der Waals surface area contributed by atoms with Gasteiger partial charge in [-0.05, 0) is 31.2 Å². The summed E-state index contributed by atoms with van der Waals surface area (Å²) in [7, 11) is -1.79. The molecule has 11 heteroatoms. The molecule has 176 valence electrons. The summed E-state index contributed by atoms with van der Waals surface area (Å²) in [4.78, 5) is 27.7. The summed E-state index contributed by atoms with van der Waals surface area (Å²) < 4.78 is 28.8. The Labute approximate surface area is 192 Å². The molecule has 3 aromatic rings. The van der Waals surface area contributed by atoms with Crippen LogP contribution in [0.2, 0.25) is 0 Å². The molecule has 0 unspecified atom stereocenters. The average Bonchev–Trinajstić information content (AvgIpc) is 3.09. The van der Waals surface area contributed by atoms with Crippen molar-refractivity contribution >= 4 is 38.3 Å². The number of hydrogen-bond donors (Lipinski definition) is 1. The number of amides is 1. The fraction of sp³-hybridized carbons (Fsp3) is 0.364. The van der Waals surface area contributed by atoms with Crippen LogP contribution in [0.1, 0.15) is 31.7 Å². The van der Waals surface area contributed by atoms with Gasteiger partial charge in [0, 0.05) is 50.3 Å². The Morgan fingerprint density at radius 2 is 1.88 bits per heavy atom. The minimum Gasteiger partial charge on any atom is -0.331 e. The predicted octanol–water partition coefficient (Wildman–Crippen LogP) is 3.39. The van der Waals surface area contributed by atoms with Gasteiger partial charge in [0.2, 0.25) is 15.9 Å². The summed E-state index contributed by atoms with van der Waals surface area (Å²) in [5, 5.41) is 13.8. The van der Waals surface area contributed by atoms with Gasteiger partial charge in [0.05, 0.1) is 20.9 Å². The smallest absolute Gasteiger partial charge is 0.274 e. The molecule has 0 aliphatic rings. The number of nitro groups is 1. The number of carbonyl (C=O) groups is 1. The van der Waals surface area contributed by atoms with Crippen LogP contribution in [0.15, 0.2) is 41.3 Å². The van der Waals surface area contributed by atoms with Gasteiger partial charge in [0.1, 0.15) is 5.82 Å². The largest absolute Gasteiger partial charge is 0.331 e. The second kappa shape index (κ2) is 9.67. The topological polar surface area (TPSA) is 127 Å². The highest BCUT2D eigenvalue weighted by atomic mass is 32.2. The van der Waals surface area contributed by atoms with Gasteiger partial charge < -0.3 is 9.88 Å². The molecular weight excluding hydrogens is 446 g/mol. The Morgan fingerprint density at radius 1 is 1.18 bits per heavy atom. The van der Waals surface area contributed by atoms with E-state index in [0.29, 0.717) is 42.1 Å². The van der Waals surface area contributed by atoms with Crippen LogP contribution < -0.4 is 5.32 Å². The van der Waals surface area contributed by atoms with Gasteiger partial charge in [-0.2, -0.15) is 4.31 Å². The molecule has 1 heterocycles. The van der Waals surface area contributed by atoms with E-state index in [0.717, 1.165) is 5.52 Å². The SMILES string of the molecule is CCN(CC)S(=O)(=O)c1ccc2c(c1)nc(CCC(=O)Nc1ccc(C)c([N+](=O)[O-])c1)n2C. The Morgan fingerprint density at radius 3 is 2.52 bits per heavy atom. The maximum absolute atomic E-state index is 12.8. The van der Waals surface area contributed by atoms with Gasteiger partial charge >= 0.3 is 0 Å². The molecule has 0 atom stereocenters. The molecule has 1 aromatic heterocycles. The molecule has 33 heavy (non-hydrogen) atoms. The Hall–Kier alpha value is -3.31. The maximum Gasteiger partial charge on any atom is 0.274 e. The number of anilines is 1. The van der Waals surface area contributed by atoms with E-state index in [4.69, 9.17) is 0 Å². The second-order valence-electron chi connectivity index (χ2n) is 7.63. The summed E-state index contributed by atoms with van der Waals surface area (Å²) in [6.07, 6.45) is 0.437. The Bertz CT molecular complexity index is 1310. The van der Waals surface area contributed by atoms with E-state index in [9.17, 15) is 23.3 Å². The number of nitrogens with zero attached hydrogens (tertiary/aromatic N) is 4. The average molecular weight is 474 g/mol. The Kier molecular flexibility index (Phi) is 7.13. The molecule has 0 bridgehead atoms. The molecule has 10 nitrogen and oxygen atoms in total. The first-order valence-corrected chi connectivity index (χ1v) is 12.0. The van der Waals surface area contributed by atoms with E-state index in [1.807, 2.05) is 11.6 Å². The second-order valence-corrected chi connectivity index (χ2v) is 9.57. The number of nitrogens with one attached hydrogen (secondary N) is 1. The fourth-order valence-corrected chi connectivity index (χ4v) is 5.14. The van der Waals surface area contributed by atoms with Gasteiger partial charge in [-0.15, -0.1) is 0 Å². The molecule has 0 saturated carbocycles. The minimum absolute atomic E-state index is 0.0568. The van der Waals surface area contributed by atoms with E-state index < -0.39 is 14.9 Å². The standard InChI is InChI=1S/C22H27N5O5S/c1-5-26(6-2)33(31,32)17-9-10-19-18(14-17)24-21(25(19)4)11-12-22(28)23-16-8-7-15(3)20(13-16)27(29)30/h7-10,13-14H,5-6,11-12H2,1-4H3,(H,23,28). The highest BCUT2D eigenvalue weighted by Gasteiger charge is 2.23. The van der Waals surface area contributed by atoms with Gasteiger partial charge in [-0.1, -0.05) is 19.9 Å². The number of carbonyl (C=O) groups excluding carboxylic acids is 1. The van der Waals surface area contributed by atoms with Crippen molar-refractivity contribution in [1.29, 1.82) is 0 Å². The quantitative estimate of drug-likeness (QED) is 0.375. The normalized spacial score (nSPS) is 11.8. The summed E-state index contributed by atoms with van der Waals surface area (Å²) in [6, 6.07) is 9.38. The van der Waals surface area contributed by atoms with Crippen LogP contribution >= 0.6 is 0 Å². The number of imidazole rings is 1. The summed E-state index contributed by atoms with van der Waals surface area (Å²) in [5.74, 6) is 0.331. The van der Waals surface area contributed by atoms with Crippen molar-refractivity contribution in [2.75, 3.05) is 18.4 Å². The lowest BCUT2D eigenvalue weighted by Gasteiger charge is -2.18. The van der Waals surface area contributed by atoms with Crippen LogP contribution in [-0.2, 0) is 28.3 Å². The molecule has 0 spiro atoms. The first-order valence-electron chi connectivity index (χ1n) is 10.6. The highest BCUT2D eigenvalue weighted by molar-refractivity contribution is 7.89. The highest BCUT2D eigenvalue weighted by Crippen LogP contribution is 2.24. The van der Waals surface area contributed by atoms with Gasteiger partial charge in [-0.25, -0.2) is 13.4 Å². The van der Waals surface area contributed by atoms with Gasteiger partial charge in [0.25, 0.3) is 5.69 Å². The zero-order valence-corrected chi connectivity index (χ0v) is 19.8. The van der Waals surface area contributed by atoms with Crippen molar-refractivity contribution in [1.82, 2.24) is 13.9 Å². The lowest BCUT2D eigenvalue weighted by Crippen LogP contribution is -2.30. The van der Waals surface area contributed by atoms with E-state index in [-0.39, 0.29) is 22.9 Å². The van der Waals surface area contributed by atoms with Crippen molar-refractivity contribution in [2.24, 2.45) is 7.05 Å². The third-order valence-corrected chi connectivity index (χ3v) is 7.60. The lowest BCUT2D eigenvalue weighted by molar-refractivity contribution is -0.385. The van der Waals surface area contributed by atoms with Crippen LogP contribution in [-0.4, -0.2) is 46.2 Å². The first kappa shape index (κ1) is 24.3. The molecule has 0 fully saturated rings. The number of sulfonamides is 1. The molecular formula is C22H27N5O5S. The summed E-state index contributed by atoms with van der Waals surface area (Å²) >= 11 is 0. The molecule has 0 saturated heterocycles. The molecule has 0 radical (unpaired) electrons. The minimum atomic E-state index is -3.60. The molecule has 0 aliphatic heterocycles. The van der Waals surface area contributed by atoms with E-state index in [1.165, 1.54) is 10.4 Å². The number of aromatic nitrogens is 2. The summed E-state index contributed by atoms with van der Waals surface area (Å²) in [6.45, 7) is 5.97.